The summed E-state index contributed by atoms with van der Waals surface area (Å²) in [7, 11) is 0. The molecule has 12 heavy (non-hydrogen) atoms. The molecule has 0 heterocycles. The topological polar surface area (TPSA) is 0 Å². The van der Waals surface area contributed by atoms with E-state index in [1.54, 1.807) is 0 Å². The van der Waals surface area contributed by atoms with Gasteiger partial charge in [0.25, 0.3) is 0 Å². The summed E-state index contributed by atoms with van der Waals surface area (Å²) >= 11 is 0. The van der Waals surface area contributed by atoms with Crippen molar-refractivity contribution in [2.24, 2.45) is 0 Å². The average molecular weight is 289 g/mol. The molecule has 0 spiro atoms. The molecule has 2 rings (SSSR count). The van der Waals surface area contributed by atoms with Crippen LogP contribution in [-0.2, 0) is 36.5 Å². The largest absolute Gasteiger partial charge is 2.00 e. The van der Waals surface area contributed by atoms with Gasteiger partial charge in [-0.15, -0.1) is 0 Å². The fourth-order valence-electron chi connectivity index (χ4n) is 0.642. The van der Waals surface area contributed by atoms with Crippen LogP contribution in [0, 0.1) is 0 Å². The van der Waals surface area contributed by atoms with Crippen LogP contribution in [0.3, 0.4) is 0 Å². The summed E-state index contributed by atoms with van der Waals surface area (Å²) in [4.78, 5) is 0. The Hall–Kier alpha value is -0.157. The van der Waals surface area contributed by atoms with Crippen LogP contribution < -0.4 is 0 Å². The van der Waals surface area contributed by atoms with E-state index in [9.17, 15) is 0 Å². The molecule has 2 heteroatoms. The minimum absolute atomic E-state index is 0. The molecule has 0 atom stereocenters. The quantitative estimate of drug-likeness (QED) is 0.517. The first-order valence-corrected chi connectivity index (χ1v) is 3.33. The van der Waals surface area contributed by atoms with Crippen molar-refractivity contribution in [3.63, 3.8) is 0 Å². The SMILES string of the molecule is [Fe+2].[Rh].c1cc[cH-]c1.c1cc[cH-]c1. The number of hydrogen-bond donors (Lipinski definition) is 0. The van der Waals surface area contributed by atoms with Gasteiger partial charge in [0.15, 0.2) is 0 Å². The van der Waals surface area contributed by atoms with Gasteiger partial charge >= 0.3 is 17.1 Å². The van der Waals surface area contributed by atoms with Crippen molar-refractivity contribution in [2.45, 2.75) is 0 Å². The molecule has 0 saturated heterocycles. The van der Waals surface area contributed by atoms with Crippen LogP contribution >= 0.6 is 0 Å². The van der Waals surface area contributed by atoms with Gasteiger partial charge in [-0.3, -0.25) is 0 Å². The van der Waals surface area contributed by atoms with Gasteiger partial charge in [-0.05, 0) is 0 Å². The number of hydrogen-bond acceptors (Lipinski definition) is 0. The average Bonchev–Trinajstić information content (AvgIpc) is 2.67. The fourth-order valence-corrected chi connectivity index (χ4v) is 0.642. The maximum Gasteiger partial charge on any atom is 2.00 e. The molecule has 0 bridgehead atoms. The van der Waals surface area contributed by atoms with Crippen LogP contribution in [0.5, 0.6) is 0 Å². The van der Waals surface area contributed by atoms with Gasteiger partial charge in [0.2, 0.25) is 0 Å². The molecular weight excluding hydrogens is 279 g/mol. The summed E-state index contributed by atoms with van der Waals surface area (Å²) in [5, 5.41) is 0. The van der Waals surface area contributed by atoms with Crippen LogP contribution in [0.25, 0.3) is 0 Å². The zero-order valence-electron chi connectivity index (χ0n) is 6.46. The molecule has 0 fully saturated rings. The zero-order chi connectivity index (χ0) is 7.07. The van der Waals surface area contributed by atoms with E-state index in [2.05, 4.69) is 0 Å². The Kier molecular flexibility index (Phi) is 13.0. The van der Waals surface area contributed by atoms with E-state index < -0.39 is 0 Å². The first kappa shape index (κ1) is 14.4. The Bertz CT molecular complexity index is 149. The second kappa shape index (κ2) is 10.8. The molecule has 67 valence electrons. The van der Waals surface area contributed by atoms with Crippen molar-refractivity contribution in [3.05, 3.63) is 60.7 Å². The van der Waals surface area contributed by atoms with Crippen LogP contribution in [0.15, 0.2) is 60.7 Å². The summed E-state index contributed by atoms with van der Waals surface area (Å²) in [6.45, 7) is 0. The second-order valence-electron chi connectivity index (χ2n) is 1.92. The molecule has 0 saturated carbocycles. The van der Waals surface area contributed by atoms with Crippen molar-refractivity contribution in [1.82, 2.24) is 0 Å². The third kappa shape index (κ3) is 7.94. The summed E-state index contributed by atoms with van der Waals surface area (Å²) < 4.78 is 0. The maximum atomic E-state index is 2.00. The summed E-state index contributed by atoms with van der Waals surface area (Å²) in [5.74, 6) is 0. The molecule has 1 radical (unpaired) electrons. The predicted octanol–water partition coefficient (Wildman–Crippen LogP) is 2.81. The van der Waals surface area contributed by atoms with Crippen molar-refractivity contribution >= 4 is 0 Å². The van der Waals surface area contributed by atoms with Crippen molar-refractivity contribution in [3.8, 4) is 0 Å². The Morgan fingerprint density at radius 1 is 0.583 bits per heavy atom. The summed E-state index contributed by atoms with van der Waals surface area (Å²) in [6, 6.07) is 20.0. The zero-order valence-corrected chi connectivity index (χ0v) is 9.20. The molecular formula is C10H10FeRh. The van der Waals surface area contributed by atoms with Crippen molar-refractivity contribution in [1.29, 1.82) is 0 Å². The van der Waals surface area contributed by atoms with Gasteiger partial charge in [-0.25, -0.2) is 24.3 Å². The molecule has 0 nitrogen and oxygen atoms in total. The first-order valence-electron chi connectivity index (χ1n) is 3.33. The van der Waals surface area contributed by atoms with Gasteiger partial charge in [0, 0.05) is 19.5 Å². The van der Waals surface area contributed by atoms with Crippen LogP contribution in [0.2, 0.25) is 0 Å². The Morgan fingerprint density at radius 3 is 0.917 bits per heavy atom. The fraction of sp³-hybridized carbons (Fsp3) is 0. The van der Waals surface area contributed by atoms with Crippen LogP contribution in [-0.4, -0.2) is 0 Å². The first-order chi connectivity index (χ1) is 5.00. The predicted molar refractivity (Wildman–Crippen MR) is 44.1 cm³/mol. The number of rotatable bonds is 0. The monoisotopic (exact) mass is 289 g/mol. The van der Waals surface area contributed by atoms with Crippen LogP contribution in [0.4, 0.5) is 0 Å². The summed E-state index contributed by atoms with van der Waals surface area (Å²) in [6.07, 6.45) is 0. The van der Waals surface area contributed by atoms with Gasteiger partial charge < -0.3 is 0 Å². The van der Waals surface area contributed by atoms with Gasteiger partial charge in [0.05, 0.1) is 0 Å². The molecule has 0 aromatic heterocycles. The van der Waals surface area contributed by atoms with E-state index in [1.807, 2.05) is 60.7 Å². The Labute approximate surface area is 97.0 Å². The van der Waals surface area contributed by atoms with Crippen LogP contribution in [0.1, 0.15) is 0 Å². The molecule has 2 aromatic rings. The maximum absolute atomic E-state index is 2.00. The molecule has 0 N–H and O–H groups in total. The van der Waals surface area contributed by atoms with Gasteiger partial charge in [0.1, 0.15) is 0 Å². The smallest absolute Gasteiger partial charge is 0.214 e. The van der Waals surface area contributed by atoms with Gasteiger partial charge in [-0.2, -0.15) is 36.4 Å². The second-order valence-corrected chi connectivity index (χ2v) is 1.92. The standard InChI is InChI=1S/2C5H5.Fe.Rh/c2*1-2-4-5-3-1;;/h2*1-5H;;/q2*-1;+2;. The molecule has 0 aliphatic rings. The van der Waals surface area contributed by atoms with Crippen molar-refractivity contribution in [2.75, 3.05) is 0 Å². The molecule has 0 amide bonds. The minimum Gasteiger partial charge on any atom is -0.214 e. The third-order valence-corrected chi connectivity index (χ3v) is 1.11. The Balaban J connectivity index is 0. The van der Waals surface area contributed by atoms with Gasteiger partial charge in [-0.1, -0.05) is 0 Å². The van der Waals surface area contributed by atoms with E-state index in [-0.39, 0.29) is 36.5 Å². The molecule has 0 aliphatic carbocycles. The summed E-state index contributed by atoms with van der Waals surface area (Å²) in [5.41, 5.74) is 0. The molecule has 0 aliphatic heterocycles. The molecule has 2 aromatic carbocycles. The Morgan fingerprint density at radius 2 is 0.833 bits per heavy atom. The van der Waals surface area contributed by atoms with E-state index in [0.29, 0.717) is 0 Å². The molecule has 0 unspecified atom stereocenters. The van der Waals surface area contributed by atoms with Crippen molar-refractivity contribution < 1.29 is 36.5 Å². The third-order valence-electron chi connectivity index (χ3n) is 1.11. The van der Waals surface area contributed by atoms with E-state index in [4.69, 9.17) is 0 Å². The van der Waals surface area contributed by atoms with E-state index >= 15 is 0 Å². The van der Waals surface area contributed by atoms with E-state index in [0.717, 1.165) is 0 Å². The minimum atomic E-state index is 0. The normalized spacial score (nSPS) is 6.67. The van der Waals surface area contributed by atoms with E-state index in [1.165, 1.54) is 0 Å².